The van der Waals surface area contributed by atoms with E-state index < -0.39 is 0 Å². The standard InChI is InChI=1S/C21H20ClN5O2/c1-11(2)23-21(28)13-5-8-17-18(9-13)27-19(12(3)24-17)25-26-20(27)15-10-14(29-4)6-7-16(15)22/h5-11H,1-4H3,(H,23,28). The molecule has 2 aromatic carbocycles. The summed E-state index contributed by atoms with van der Waals surface area (Å²) in [6, 6.07) is 10.8. The predicted molar refractivity (Wildman–Crippen MR) is 113 cm³/mol. The molecule has 7 nitrogen and oxygen atoms in total. The molecule has 0 saturated heterocycles. The van der Waals surface area contributed by atoms with Crippen LogP contribution in [0.5, 0.6) is 5.75 Å². The summed E-state index contributed by atoms with van der Waals surface area (Å²) in [4.78, 5) is 17.1. The first-order valence-corrected chi connectivity index (χ1v) is 9.57. The average Bonchev–Trinajstić information content (AvgIpc) is 3.13. The maximum Gasteiger partial charge on any atom is 0.251 e. The highest BCUT2D eigenvalue weighted by Crippen LogP contribution is 2.32. The van der Waals surface area contributed by atoms with Crippen LogP contribution in [-0.4, -0.2) is 38.6 Å². The fraction of sp³-hybridized carbons (Fsp3) is 0.238. The van der Waals surface area contributed by atoms with Gasteiger partial charge >= 0.3 is 0 Å². The quantitative estimate of drug-likeness (QED) is 0.549. The summed E-state index contributed by atoms with van der Waals surface area (Å²) in [5.41, 5.74) is 4.01. The van der Waals surface area contributed by atoms with Crippen molar-refractivity contribution < 1.29 is 9.53 Å². The minimum Gasteiger partial charge on any atom is -0.497 e. The summed E-state index contributed by atoms with van der Waals surface area (Å²) >= 11 is 6.46. The number of hydrogen-bond donors (Lipinski definition) is 1. The van der Waals surface area contributed by atoms with Crippen molar-refractivity contribution in [2.75, 3.05) is 7.11 Å². The first-order valence-electron chi connectivity index (χ1n) is 9.19. The van der Waals surface area contributed by atoms with Crippen LogP contribution in [0.2, 0.25) is 5.02 Å². The van der Waals surface area contributed by atoms with Crippen LogP contribution in [-0.2, 0) is 0 Å². The Labute approximate surface area is 172 Å². The van der Waals surface area contributed by atoms with Crippen molar-refractivity contribution in [3.8, 4) is 17.1 Å². The number of aryl methyl sites for hydroxylation is 1. The smallest absolute Gasteiger partial charge is 0.251 e. The van der Waals surface area contributed by atoms with Crippen LogP contribution in [0.4, 0.5) is 0 Å². The highest BCUT2D eigenvalue weighted by Gasteiger charge is 2.18. The minimum absolute atomic E-state index is 0.0374. The number of nitrogens with zero attached hydrogens (tertiary/aromatic N) is 4. The lowest BCUT2D eigenvalue weighted by molar-refractivity contribution is 0.0943. The number of aromatic nitrogens is 4. The number of carbonyl (C=O) groups excluding carboxylic acids is 1. The predicted octanol–water partition coefficient (Wildman–Crippen LogP) is 4.05. The molecule has 0 aliphatic rings. The van der Waals surface area contributed by atoms with Crippen LogP contribution >= 0.6 is 11.6 Å². The third-order valence-electron chi connectivity index (χ3n) is 4.59. The van der Waals surface area contributed by atoms with Gasteiger partial charge in [-0.1, -0.05) is 11.6 Å². The largest absolute Gasteiger partial charge is 0.497 e. The molecule has 2 heterocycles. The van der Waals surface area contributed by atoms with Crippen LogP contribution in [0.25, 0.3) is 28.1 Å². The van der Waals surface area contributed by atoms with Crippen molar-refractivity contribution in [2.24, 2.45) is 0 Å². The lowest BCUT2D eigenvalue weighted by Crippen LogP contribution is -2.30. The molecular formula is C21H20ClN5O2. The summed E-state index contributed by atoms with van der Waals surface area (Å²) in [6.07, 6.45) is 0. The Morgan fingerprint density at radius 2 is 1.97 bits per heavy atom. The number of ether oxygens (including phenoxy) is 1. The molecule has 0 bridgehead atoms. The zero-order chi connectivity index (χ0) is 20.7. The Kier molecular flexibility index (Phi) is 4.84. The van der Waals surface area contributed by atoms with Gasteiger partial charge in [0.25, 0.3) is 5.91 Å². The van der Waals surface area contributed by atoms with Crippen LogP contribution in [0, 0.1) is 6.92 Å². The SMILES string of the molecule is COc1ccc(Cl)c(-c2nnc3c(C)nc4ccc(C(=O)NC(C)C)cc4n23)c1. The highest BCUT2D eigenvalue weighted by molar-refractivity contribution is 6.33. The monoisotopic (exact) mass is 409 g/mol. The highest BCUT2D eigenvalue weighted by atomic mass is 35.5. The molecule has 29 heavy (non-hydrogen) atoms. The number of fused-ring (bicyclic) bond motifs is 3. The molecule has 148 valence electrons. The fourth-order valence-corrected chi connectivity index (χ4v) is 3.44. The summed E-state index contributed by atoms with van der Waals surface area (Å²) in [5.74, 6) is 1.07. The van der Waals surface area contributed by atoms with E-state index in [0.717, 1.165) is 16.7 Å². The van der Waals surface area contributed by atoms with E-state index in [9.17, 15) is 4.79 Å². The Morgan fingerprint density at radius 3 is 2.69 bits per heavy atom. The fourth-order valence-electron chi connectivity index (χ4n) is 3.24. The summed E-state index contributed by atoms with van der Waals surface area (Å²) in [5, 5.41) is 12.1. The lowest BCUT2D eigenvalue weighted by Gasteiger charge is -2.11. The number of amides is 1. The second-order valence-electron chi connectivity index (χ2n) is 7.06. The zero-order valence-electron chi connectivity index (χ0n) is 16.5. The number of halogens is 1. The van der Waals surface area contributed by atoms with Crippen molar-refractivity contribution in [2.45, 2.75) is 26.8 Å². The molecule has 0 atom stereocenters. The first-order chi connectivity index (χ1) is 13.9. The van der Waals surface area contributed by atoms with E-state index in [1.807, 2.05) is 37.3 Å². The van der Waals surface area contributed by atoms with E-state index in [4.69, 9.17) is 16.3 Å². The van der Waals surface area contributed by atoms with Crippen LogP contribution in [0.3, 0.4) is 0 Å². The van der Waals surface area contributed by atoms with Gasteiger partial charge in [0.15, 0.2) is 11.5 Å². The lowest BCUT2D eigenvalue weighted by atomic mass is 10.1. The third-order valence-corrected chi connectivity index (χ3v) is 4.92. The van der Waals surface area contributed by atoms with Gasteiger partial charge in [0.05, 0.1) is 28.9 Å². The van der Waals surface area contributed by atoms with E-state index in [0.29, 0.717) is 33.4 Å². The van der Waals surface area contributed by atoms with E-state index in [1.165, 1.54) is 0 Å². The minimum atomic E-state index is -0.148. The molecule has 0 spiro atoms. The van der Waals surface area contributed by atoms with Gasteiger partial charge < -0.3 is 10.1 Å². The van der Waals surface area contributed by atoms with Gasteiger partial charge in [-0.25, -0.2) is 4.98 Å². The van der Waals surface area contributed by atoms with Crippen LogP contribution in [0.1, 0.15) is 29.9 Å². The van der Waals surface area contributed by atoms with Crippen molar-refractivity contribution in [3.05, 3.63) is 52.7 Å². The molecule has 0 radical (unpaired) electrons. The number of carbonyl (C=O) groups is 1. The molecule has 0 fully saturated rings. The Morgan fingerprint density at radius 1 is 1.17 bits per heavy atom. The maximum absolute atomic E-state index is 12.5. The van der Waals surface area contributed by atoms with Gasteiger partial charge in [-0.15, -0.1) is 10.2 Å². The van der Waals surface area contributed by atoms with Gasteiger partial charge in [-0.05, 0) is 57.2 Å². The molecule has 1 amide bonds. The number of nitrogens with one attached hydrogen (secondary N) is 1. The normalized spacial score (nSPS) is 11.4. The third kappa shape index (κ3) is 3.38. The Hall–Kier alpha value is -3.19. The zero-order valence-corrected chi connectivity index (χ0v) is 17.3. The summed E-state index contributed by atoms with van der Waals surface area (Å²) < 4.78 is 7.22. The molecule has 4 aromatic rings. The molecule has 2 aromatic heterocycles. The molecule has 0 aliphatic carbocycles. The van der Waals surface area contributed by atoms with Crippen molar-refractivity contribution >= 4 is 34.2 Å². The summed E-state index contributed by atoms with van der Waals surface area (Å²) in [7, 11) is 1.60. The van der Waals surface area contributed by atoms with Gasteiger partial charge in [-0.2, -0.15) is 0 Å². The number of rotatable bonds is 4. The first kappa shape index (κ1) is 19.1. The second-order valence-corrected chi connectivity index (χ2v) is 7.46. The molecule has 1 N–H and O–H groups in total. The topological polar surface area (TPSA) is 81.4 Å². The average molecular weight is 410 g/mol. The number of methoxy groups -OCH3 is 1. The molecule has 4 rings (SSSR count). The van der Waals surface area contributed by atoms with Crippen molar-refractivity contribution in [1.29, 1.82) is 0 Å². The van der Waals surface area contributed by atoms with E-state index in [2.05, 4.69) is 20.5 Å². The molecule has 8 heteroatoms. The van der Waals surface area contributed by atoms with Crippen LogP contribution < -0.4 is 10.1 Å². The Bertz CT molecular complexity index is 1250. The molecule has 0 saturated carbocycles. The molecule has 0 unspecified atom stereocenters. The maximum atomic E-state index is 12.5. The van der Waals surface area contributed by atoms with E-state index in [1.54, 1.807) is 31.4 Å². The Balaban J connectivity index is 2.01. The molecular weight excluding hydrogens is 390 g/mol. The van der Waals surface area contributed by atoms with Gasteiger partial charge in [0.2, 0.25) is 0 Å². The van der Waals surface area contributed by atoms with Crippen molar-refractivity contribution in [3.63, 3.8) is 0 Å². The second kappa shape index (κ2) is 7.33. The van der Waals surface area contributed by atoms with E-state index >= 15 is 0 Å². The van der Waals surface area contributed by atoms with E-state index in [-0.39, 0.29) is 11.9 Å². The summed E-state index contributed by atoms with van der Waals surface area (Å²) in [6.45, 7) is 5.72. The number of hydrogen-bond acceptors (Lipinski definition) is 5. The molecule has 0 aliphatic heterocycles. The van der Waals surface area contributed by atoms with Gasteiger partial charge in [0.1, 0.15) is 5.75 Å². The number of benzene rings is 2. The van der Waals surface area contributed by atoms with Gasteiger partial charge in [0, 0.05) is 17.2 Å². The van der Waals surface area contributed by atoms with Gasteiger partial charge in [-0.3, -0.25) is 9.20 Å². The van der Waals surface area contributed by atoms with Crippen molar-refractivity contribution in [1.82, 2.24) is 24.9 Å². The van der Waals surface area contributed by atoms with Crippen LogP contribution in [0.15, 0.2) is 36.4 Å².